The summed E-state index contributed by atoms with van der Waals surface area (Å²) in [6, 6.07) is 2.00. The lowest BCUT2D eigenvalue weighted by atomic mass is 10.2. The van der Waals surface area contributed by atoms with Gasteiger partial charge in [0.05, 0.1) is 22.8 Å². The number of benzene rings is 1. The van der Waals surface area contributed by atoms with Crippen molar-refractivity contribution in [2.45, 2.75) is 18.7 Å². The Balaban J connectivity index is 1.93. The lowest BCUT2D eigenvalue weighted by Gasteiger charge is -2.13. The van der Waals surface area contributed by atoms with E-state index in [1.165, 1.54) is 0 Å². The van der Waals surface area contributed by atoms with Crippen LogP contribution in [0.5, 0.6) is 0 Å². The van der Waals surface area contributed by atoms with Crippen LogP contribution in [0.25, 0.3) is 0 Å². The van der Waals surface area contributed by atoms with Crippen molar-refractivity contribution < 1.29 is 22.8 Å². The zero-order valence-corrected chi connectivity index (χ0v) is 13.2. The number of amides is 2. The molecule has 5 nitrogen and oxygen atoms in total. The van der Waals surface area contributed by atoms with Crippen LogP contribution in [0.2, 0.25) is 5.02 Å². The summed E-state index contributed by atoms with van der Waals surface area (Å²) in [5.41, 5.74) is -1.03. The molecule has 2 N–H and O–H groups in total. The third-order valence-electron chi connectivity index (χ3n) is 2.73. The third-order valence-corrected chi connectivity index (χ3v) is 3.53. The van der Waals surface area contributed by atoms with E-state index in [-0.39, 0.29) is 23.4 Å². The molecule has 0 radical (unpaired) electrons. The van der Waals surface area contributed by atoms with Crippen molar-refractivity contribution in [3.05, 3.63) is 28.8 Å². The van der Waals surface area contributed by atoms with Gasteiger partial charge in [0, 0.05) is 6.42 Å². The first-order valence-corrected chi connectivity index (χ1v) is 7.22. The minimum absolute atomic E-state index is 0.00587. The highest BCUT2D eigenvalue weighted by Crippen LogP contribution is 2.33. The second kappa shape index (κ2) is 6.74. The zero-order chi connectivity index (χ0) is 16.3. The van der Waals surface area contributed by atoms with E-state index in [0.717, 1.165) is 18.2 Å². The van der Waals surface area contributed by atoms with Crippen molar-refractivity contribution in [1.29, 1.82) is 0 Å². The van der Waals surface area contributed by atoms with Gasteiger partial charge in [-0.25, -0.2) is 4.79 Å². The maximum Gasteiger partial charge on any atom is 0.416 e. The summed E-state index contributed by atoms with van der Waals surface area (Å²) in [7, 11) is 0. The highest BCUT2D eigenvalue weighted by Gasteiger charge is 2.31. The average molecular weight is 401 g/mol. The fourth-order valence-electron chi connectivity index (χ4n) is 1.67. The number of carbonyl (C=O) groups excluding carboxylic acids is 1. The molecular weight excluding hydrogens is 391 g/mol. The summed E-state index contributed by atoms with van der Waals surface area (Å²) in [5, 5.41) is 8.39. The van der Waals surface area contributed by atoms with Crippen LogP contribution in [0.3, 0.4) is 0 Å². The summed E-state index contributed by atoms with van der Waals surface area (Å²) in [6.07, 6.45) is -4.33. The quantitative estimate of drug-likeness (QED) is 0.806. The molecule has 120 valence electrons. The van der Waals surface area contributed by atoms with Gasteiger partial charge < -0.3 is 15.5 Å². The van der Waals surface area contributed by atoms with Gasteiger partial charge in [-0.1, -0.05) is 16.8 Å². The van der Waals surface area contributed by atoms with Gasteiger partial charge in [0.25, 0.3) is 0 Å². The number of oxime groups is 1. The van der Waals surface area contributed by atoms with Gasteiger partial charge in [0.2, 0.25) is 0 Å². The van der Waals surface area contributed by atoms with Crippen LogP contribution < -0.4 is 10.6 Å². The lowest BCUT2D eigenvalue weighted by Crippen LogP contribution is -2.35. The monoisotopic (exact) mass is 399 g/mol. The maximum absolute atomic E-state index is 12.6. The number of urea groups is 1. The van der Waals surface area contributed by atoms with Gasteiger partial charge in [-0.05, 0) is 34.1 Å². The first-order chi connectivity index (χ1) is 10.3. The molecular formula is C12H10BrClF3N3O2. The van der Waals surface area contributed by atoms with Gasteiger partial charge in [-0.15, -0.1) is 0 Å². The van der Waals surface area contributed by atoms with E-state index in [0.29, 0.717) is 11.0 Å². The van der Waals surface area contributed by atoms with Crippen LogP contribution in [-0.4, -0.2) is 23.3 Å². The Bertz CT molecular complexity index is 610. The third kappa shape index (κ3) is 4.51. The van der Waals surface area contributed by atoms with Crippen molar-refractivity contribution in [2.75, 3.05) is 11.9 Å². The molecule has 0 aliphatic carbocycles. The van der Waals surface area contributed by atoms with E-state index in [2.05, 4.69) is 31.7 Å². The normalized spacial score (nSPS) is 17.7. The largest absolute Gasteiger partial charge is 0.416 e. The van der Waals surface area contributed by atoms with E-state index < -0.39 is 17.8 Å². The van der Waals surface area contributed by atoms with Gasteiger partial charge in [0.1, 0.15) is 4.62 Å². The molecule has 2 amide bonds. The number of rotatable bonds is 3. The number of carbonyl (C=O) groups is 1. The molecule has 1 aromatic rings. The van der Waals surface area contributed by atoms with E-state index in [4.69, 9.17) is 16.4 Å². The van der Waals surface area contributed by atoms with E-state index >= 15 is 0 Å². The van der Waals surface area contributed by atoms with E-state index in [9.17, 15) is 18.0 Å². The number of halogens is 5. The van der Waals surface area contributed by atoms with Crippen molar-refractivity contribution in [2.24, 2.45) is 5.16 Å². The standard InChI is InChI=1S/C12H10BrClF3N3O2/c13-10-4-7(22-20-10)5-18-11(21)19-9-3-6(12(15,16)17)1-2-8(9)14/h1-3,7H,4-5H2,(H2,18,19,21). The Morgan fingerprint density at radius 3 is 2.82 bits per heavy atom. The van der Waals surface area contributed by atoms with Crippen LogP contribution in [-0.2, 0) is 11.0 Å². The zero-order valence-electron chi connectivity index (χ0n) is 10.9. The molecule has 1 heterocycles. The minimum atomic E-state index is -4.52. The Morgan fingerprint density at radius 1 is 1.50 bits per heavy atom. The molecule has 1 atom stereocenters. The number of hydrogen-bond donors (Lipinski definition) is 2. The predicted octanol–water partition coefficient (Wildman–Crippen LogP) is 3.98. The molecule has 1 unspecified atom stereocenters. The molecule has 0 saturated carbocycles. The van der Waals surface area contributed by atoms with Gasteiger partial charge in [-0.3, -0.25) is 0 Å². The topological polar surface area (TPSA) is 62.7 Å². The van der Waals surface area contributed by atoms with E-state index in [1.807, 2.05) is 0 Å². The lowest BCUT2D eigenvalue weighted by molar-refractivity contribution is -0.137. The van der Waals surface area contributed by atoms with Gasteiger partial charge in [0.15, 0.2) is 6.10 Å². The van der Waals surface area contributed by atoms with Crippen LogP contribution in [0.1, 0.15) is 12.0 Å². The Morgan fingerprint density at radius 2 is 2.23 bits per heavy atom. The number of hydrogen-bond acceptors (Lipinski definition) is 3. The molecule has 1 aliphatic heterocycles. The molecule has 10 heteroatoms. The maximum atomic E-state index is 12.6. The number of nitrogens with one attached hydrogen (secondary N) is 2. The molecule has 0 aromatic heterocycles. The first-order valence-electron chi connectivity index (χ1n) is 6.05. The van der Waals surface area contributed by atoms with Gasteiger partial charge >= 0.3 is 12.2 Å². The molecule has 22 heavy (non-hydrogen) atoms. The molecule has 0 bridgehead atoms. The predicted molar refractivity (Wildman–Crippen MR) is 79.3 cm³/mol. The second-order valence-electron chi connectivity index (χ2n) is 4.43. The van der Waals surface area contributed by atoms with Gasteiger partial charge in [-0.2, -0.15) is 13.2 Å². The highest BCUT2D eigenvalue weighted by atomic mass is 79.9. The molecule has 0 fully saturated rings. The van der Waals surface area contributed by atoms with Crippen molar-refractivity contribution >= 4 is 43.9 Å². The summed E-state index contributed by atoms with van der Waals surface area (Å²) >= 11 is 8.93. The average Bonchev–Trinajstić information content (AvgIpc) is 2.83. The van der Waals surface area contributed by atoms with Crippen LogP contribution in [0, 0.1) is 0 Å². The number of alkyl halides is 3. The summed E-state index contributed by atoms with van der Waals surface area (Å²) in [6.45, 7) is 0.154. The minimum Gasteiger partial charge on any atom is -0.390 e. The summed E-state index contributed by atoms with van der Waals surface area (Å²) < 4.78 is 38.5. The van der Waals surface area contributed by atoms with Crippen LogP contribution in [0.4, 0.5) is 23.7 Å². The highest BCUT2D eigenvalue weighted by molar-refractivity contribution is 9.18. The van der Waals surface area contributed by atoms with Crippen molar-refractivity contribution in [3.8, 4) is 0 Å². The Labute approximate surface area is 137 Å². The van der Waals surface area contributed by atoms with Crippen LogP contribution in [0.15, 0.2) is 23.4 Å². The summed E-state index contributed by atoms with van der Waals surface area (Å²) in [5.74, 6) is 0. The van der Waals surface area contributed by atoms with Crippen molar-refractivity contribution in [1.82, 2.24) is 5.32 Å². The van der Waals surface area contributed by atoms with Crippen LogP contribution >= 0.6 is 27.5 Å². The molecule has 2 rings (SSSR count). The van der Waals surface area contributed by atoms with E-state index in [1.54, 1.807) is 0 Å². The molecule has 1 aliphatic rings. The smallest absolute Gasteiger partial charge is 0.390 e. The molecule has 1 aromatic carbocycles. The second-order valence-corrected chi connectivity index (χ2v) is 5.75. The Kier molecular flexibility index (Phi) is 5.17. The summed E-state index contributed by atoms with van der Waals surface area (Å²) in [4.78, 5) is 16.7. The number of nitrogens with zero attached hydrogens (tertiary/aromatic N) is 1. The Hall–Kier alpha value is -1.48. The number of anilines is 1. The van der Waals surface area contributed by atoms with Crippen molar-refractivity contribution in [3.63, 3.8) is 0 Å². The molecule has 0 saturated heterocycles. The fourth-order valence-corrected chi connectivity index (χ4v) is 2.28. The molecule has 0 spiro atoms. The SMILES string of the molecule is O=C(NCC1CC(Br)=NO1)Nc1cc(C(F)(F)F)ccc1Cl. The fraction of sp³-hybridized carbons (Fsp3) is 0.333. The first kappa shape index (κ1) is 16.9.